The van der Waals surface area contributed by atoms with Gasteiger partial charge in [0, 0.05) is 6.21 Å². The smallest absolute Gasteiger partial charge is 0.328 e. The number of aliphatic carboxylic acids is 1. The highest BCUT2D eigenvalue weighted by atomic mass is 16.4. The van der Waals surface area contributed by atoms with Crippen LogP contribution in [0, 0.1) is 0 Å². The van der Waals surface area contributed by atoms with Gasteiger partial charge in [-0.25, -0.2) is 4.79 Å². The number of carbonyl (C=O) groups is 1. The molecule has 1 unspecified atom stereocenters. The molecular formula is C11H13NO2. The van der Waals surface area contributed by atoms with Gasteiger partial charge in [0.2, 0.25) is 0 Å². The van der Waals surface area contributed by atoms with Crippen LogP contribution >= 0.6 is 0 Å². The van der Waals surface area contributed by atoms with Crippen molar-refractivity contribution in [3.8, 4) is 0 Å². The molecule has 0 aliphatic carbocycles. The molecule has 1 atom stereocenters. The minimum atomic E-state index is -0.875. The maximum absolute atomic E-state index is 10.6. The molecule has 1 aromatic carbocycles. The first kappa shape index (κ1) is 10.4. The monoisotopic (exact) mass is 191 g/mol. The van der Waals surface area contributed by atoms with E-state index in [4.69, 9.17) is 5.11 Å². The van der Waals surface area contributed by atoms with Crippen LogP contribution in [0.4, 0.5) is 0 Å². The summed E-state index contributed by atoms with van der Waals surface area (Å²) in [4.78, 5) is 14.6. The first-order valence-corrected chi connectivity index (χ1v) is 4.55. The van der Waals surface area contributed by atoms with E-state index >= 15 is 0 Å². The van der Waals surface area contributed by atoms with E-state index in [9.17, 15) is 4.79 Å². The fourth-order valence-corrected chi connectivity index (χ4v) is 1.06. The summed E-state index contributed by atoms with van der Waals surface area (Å²) in [7, 11) is 0. The van der Waals surface area contributed by atoms with E-state index < -0.39 is 12.0 Å². The molecule has 0 radical (unpaired) electrons. The molecule has 0 fully saturated rings. The van der Waals surface area contributed by atoms with Gasteiger partial charge in [0.25, 0.3) is 0 Å². The van der Waals surface area contributed by atoms with Crippen LogP contribution < -0.4 is 0 Å². The minimum Gasteiger partial charge on any atom is -0.480 e. The van der Waals surface area contributed by atoms with Gasteiger partial charge in [0.15, 0.2) is 0 Å². The number of benzene rings is 1. The predicted molar refractivity (Wildman–Crippen MR) is 55.8 cm³/mol. The lowest BCUT2D eigenvalue weighted by molar-refractivity contribution is -0.138. The van der Waals surface area contributed by atoms with Gasteiger partial charge in [0.1, 0.15) is 6.04 Å². The first-order chi connectivity index (χ1) is 6.74. The summed E-state index contributed by atoms with van der Waals surface area (Å²) in [6.45, 7) is 1.81. The Morgan fingerprint density at radius 2 is 2.14 bits per heavy atom. The van der Waals surface area contributed by atoms with E-state index in [0.717, 1.165) is 5.56 Å². The lowest BCUT2D eigenvalue weighted by atomic mass is 10.2. The molecule has 3 heteroatoms. The Balaban J connectivity index is 2.67. The predicted octanol–water partition coefficient (Wildman–Crippen LogP) is 1.97. The normalized spacial score (nSPS) is 12.9. The summed E-state index contributed by atoms with van der Waals surface area (Å²) in [5, 5.41) is 8.74. The molecule has 0 amide bonds. The van der Waals surface area contributed by atoms with E-state index in [1.54, 1.807) is 13.1 Å². The van der Waals surface area contributed by atoms with Gasteiger partial charge >= 0.3 is 5.97 Å². The SMILES string of the molecule is CCC(/N=C/c1ccccc1)C(=O)O. The van der Waals surface area contributed by atoms with Gasteiger partial charge in [-0.3, -0.25) is 4.99 Å². The highest BCUT2D eigenvalue weighted by molar-refractivity contribution is 5.83. The quantitative estimate of drug-likeness (QED) is 0.739. The number of hydrogen-bond acceptors (Lipinski definition) is 2. The zero-order valence-corrected chi connectivity index (χ0v) is 8.05. The molecule has 3 nitrogen and oxygen atoms in total. The summed E-state index contributed by atoms with van der Waals surface area (Å²) in [5.41, 5.74) is 0.923. The molecule has 0 bridgehead atoms. The van der Waals surface area contributed by atoms with Crippen molar-refractivity contribution >= 4 is 12.2 Å². The topological polar surface area (TPSA) is 49.7 Å². The van der Waals surface area contributed by atoms with Crippen LogP contribution in [0.1, 0.15) is 18.9 Å². The number of rotatable bonds is 4. The van der Waals surface area contributed by atoms with Crippen LogP contribution in [0.25, 0.3) is 0 Å². The molecule has 74 valence electrons. The fraction of sp³-hybridized carbons (Fsp3) is 0.273. The molecule has 1 aromatic rings. The Morgan fingerprint density at radius 1 is 1.50 bits per heavy atom. The van der Waals surface area contributed by atoms with Crippen LogP contribution in [-0.4, -0.2) is 23.3 Å². The van der Waals surface area contributed by atoms with Gasteiger partial charge in [0.05, 0.1) is 0 Å². The number of carboxylic acids is 1. The van der Waals surface area contributed by atoms with Crippen LogP contribution in [0.3, 0.4) is 0 Å². The van der Waals surface area contributed by atoms with Gasteiger partial charge in [-0.2, -0.15) is 0 Å². The first-order valence-electron chi connectivity index (χ1n) is 4.55. The molecule has 0 aromatic heterocycles. The maximum atomic E-state index is 10.6. The van der Waals surface area contributed by atoms with Crippen molar-refractivity contribution in [2.24, 2.45) is 4.99 Å². The molecule has 1 rings (SSSR count). The van der Waals surface area contributed by atoms with Crippen LogP contribution in [0.15, 0.2) is 35.3 Å². The molecule has 0 heterocycles. The summed E-state index contributed by atoms with van der Waals surface area (Å²) in [5.74, 6) is -0.875. The number of nitrogens with zero attached hydrogens (tertiary/aromatic N) is 1. The van der Waals surface area contributed by atoms with Crippen LogP contribution in [-0.2, 0) is 4.79 Å². The van der Waals surface area contributed by atoms with Gasteiger partial charge in [-0.15, -0.1) is 0 Å². The van der Waals surface area contributed by atoms with Crippen molar-refractivity contribution < 1.29 is 9.90 Å². The summed E-state index contributed by atoms with van der Waals surface area (Å²) in [6.07, 6.45) is 2.11. The Hall–Kier alpha value is -1.64. The van der Waals surface area contributed by atoms with Gasteiger partial charge < -0.3 is 5.11 Å². The Kier molecular flexibility index (Phi) is 3.85. The standard InChI is InChI=1S/C11H13NO2/c1-2-10(11(13)14)12-8-9-6-4-3-5-7-9/h3-8,10H,2H2,1H3,(H,13,14)/b12-8+. The van der Waals surface area contributed by atoms with E-state index in [1.165, 1.54) is 0 Å². The third kappa shape index (κ3) is 3.01. The molecule has 1 N–H and O–H groups in total. The van der Waals surface area contributed by atoms with Crippen molar-refractivity contribution in [3.05, 3.63) is 35.9 Å². The van der Waals surface area contributed by atoms with Gasteiger partial charge in [-0.1, -0.05) is 37.3 Å². The minimum absolute atomic E-state index is 0.513. The van der Waals surface area contributed by atoms with E-state index in [2.05, 4.69) is 4.99 Å². The van der Waals surface area contributed by atoms with Crippen molar-refractivity contribution in [3.63, 3.8) is 0 Å². The molecular weight excluding hydrogens is 178 g/mol. The van der Waals surface area contributed by atoms with E-state index in [1.807, 2.05) is 30.3 Å². The Labute approximate surface area is 83.1 Å². The number of aliphatic imine (C=N–C) groups is 1. The number of hydrogen-bond donors (Lipinski definition) is 1. The Bertz CT molecular complexity index is 319. The van der Waals surface area contributed by atoms with E-state index in [-0.39, 0.29) is 0 Å². The largest absolute Gasteiger partial charge is 0.480 e. The van der Waals surface area contributed by atoms with Crippen molar-refractivity contribution in [2.75, 3.05) is 0 Å². The second-order valence-electron chi connectivity index (χ2n) is 2.95. The summed E-state index contributed by atoms with van der Waals surface area (Å²) >= 11 is 0. The second kappa shape index (κ2) is 5.17. The van der Waals surface area contributed by atoms with Crippen LogP contribution in [0.2, 0.25) is 0 Å². The lowest BCUT2D eigenvalue weighted by Crippen LogP contribution is -2.16. The van der Waals surface area contributed by atoms with Crippen LogP contribution in [0.5, 0.6) is 0 Å². The Morgan fingerprint density at radius 3 is 2.64 bits per heavy atom. The molecule has 0 aliphatic rings. The van der Waals surface area contributed by atoms with Crippen molar-refractivity contribution in [1.29, 1.82) is 0 Å². The van der Waals surface area contributed by atoms with Crippen molar-refractivity contribution in [1.82, 2.24) is 0 Å². The number of carboxylic acid groups (broad SMARTS) is 1. The zero-order valence-electron chi connectivity index (χ0n) is 8.05. The second-order valence-corrected chi connectivity index (χ2v) is 2.95. The molecule has 0 spiro atoms. The average molecular weight is 191 g/mol. The molecule has 14 heavy (non-hydrogen) atoms. The third-order valence-electron chi connectivity index (χ3n) is 1.87. The van der Waals surface area contributed by atoms with E-state index in [0.29, 0.717) is 6.42 Å². The zero-order chi connectivity index (χ0) is 10.4. The summed E-state index contributed by atoms with van der Waals surface area (Å²) < 4.78 is 0. The highest BCUT2D eigenvalue weighted by Gasteiger charge is 2.11. The highest BCUT2D eigenvalue weighted by Crippen LogP contribution is 1.99. The lowest BCUT2D eigenvalue weighted by Gasteiger charge is -2.01. The summed E-state index contributed by atoms with van der Waals surface area (Å²) in [6, 6.07) is 8.84. The maximum Gasteiger partial charge on any atom is 0.328 e. The average Bonchev–Trinajstić information content (AvgIpc) is 2.20. The molecule has 0 saturated heterocycles. The third-order valence-corrected chi connectivity index (χ3v) is 1.87. The van der Waals surface area contributed by atoms with Crippen molar-refractivity contribution in [2.45, 2.75) is 19.4 Å². The fourth-order valence-electron chi connectivity index (χ4n) is 1.06. The molecule has 0 saturated carbocycles. The molecule has 0 aliphatic heterocycles. The van der Waals surface area contributed by atoms with Gasteiger partial charge in [-0.05, 0) is 12.0 Å².